The second-order valence-electron chi connectivity index (χ2n) is 6.64. The van der Waals surface area contributed by atoms with E-state index in [4.69, 9.17) is 10.7 Å². The molecule has 7 heteroatoms. The first-order valence-electron chi connectivity index (χ1n) is 9.00. The summed E-state index contributed by atoms with van der Waals surface area (Å²) in [5, 5.41) is 1.55. The van der Waals surface area contributed by atoms with Gasteiger partial charge < -0.3 is 5.73 Å². The van der Waals surface area contributed by atoms with E-state index in [2.05, 4.69) is 13.8 Å². The molecule has 1 aliphatic rings. The van der Waals surface area contributed by atoms with E-state index < -0.39 is 0 Å². The zero-order valence-electron chi connectivity index (χ0n) is 14.8. The van der Waals surface area contributed by atoms with Crippen molar-refractivity contribution in [3.63, 3.8) is 0 Å². The molecule has 5 nitrogen and oxygen atoms in total. The molecule has 1 aliphatic carbocycles. The Morgan fingerprint density at radius 1 is 1.36 bits per heavy atom. The second-order valence-corrected chi connectivity index (χ2v) is 8.78. The number of amides is 1. The summed E-state index contributed by atoms with van der Waals surface area (Å²) in [5.41, 5.74) is 6.56. The summed E-state index contributed by atoms with van der Waals surface area (Å²) >= 11 is 3.14. The Labute approximate surface area is 156 Å². The molecule has 0 saturated carbocycles. The van der Waals surface area contributed by atoms with Crippen molar-refractivity contribution in [3.8, 4) is 0 Å². The normalized spacial score (nSPS) is 15.8. The number of carbonyl (C=O) groups excluding carboxylic acids is 1. The monoisotopic (exact) mass is 379 g/mol. The Morgan fingerprint density at radius 2 is 2.12 bits per heavy atom. The lowest BCUT2D eigenvalue weighted by Gasteiger charge is -2.17. The van der Waals surface area contributed by atoms with Crippen molar-refractivity contribution in [2.45, 2.75) is 70.0 Å². The van der Waals surface area contributed by atoms with Crippen LogP contribution in [0.3, 0.4) is 0 Å². The smallest absolute Gasteiger partial charge is 0.263 e. The number of rotatable bonds is 6. The number of nitrogens with two attached hydrogens (primary N) is 1. The molecule has 0 saturated heterocycles. The summed E-state index contributed by atoms with van der Waals surface area (Å²) in [6.45, 7) is 4.13. The Kier molecular flexibility index (Phi) is 5.84. The van der Waals surface area contributed by atoms with E-state index in [-0.39, 0.29) is 17.5 Å². The van der Waals surface area contributed by atoms with Gasteiger partial charge in [-0.25, -0.2) is 4.98 Å². The van der Waals surface area contributed by atoms with Gasteiger partial charge in [0.05, 0.1) is 5.39 Å². The van der Waals surface area contributed by atoms with Gasteiger partial charge in [0.25, 0.3) is 5.56 Å². The molecule has 2 heterocycles. The van der Waals surface area contributed by atoms with E-state index in [0.717, 1.165) is 35.9 Å². The first-order valence-corrected chi connectivity index (χ1v) is 10.8. The lowest BCUT2D eigenvalue weighted by molar-refractivity contribution is -0.117. The minimum atomic E-state index is -0.325. The summed E-state index contributed by atoms with van der Waals surface area (Å²) in [5.74, 6) is 0.225. The Morgan fingerprint density at radius 3 is 2.84 bits per heavy atom. The fraction of sp³-hybridized carbons (Fsp3) is 0.611. The van der Waals surface area contributed by atoms with Crippen LogP contribution in [0.25, 0.3) is 10.2 Å². The molecule has 1 amide bonds. The number of thioether (sulfide) groups is 1. The van der Waals surface area contributed by atoms with Crippen molar-refractivity contribution in [1.29, 1.82) is 0 Å². The molecule has 0 spiro atoms. The fourth-order valence-electron chi connectivity index (χ4n) is 3.29. The summed E-state index contributed by atoms with van der Waals surface area (Å²) in [4.78, 5) is 31.4. The Balaban J connectivity index is 2.12. The van der Waals surface area contributed by atoms with Crippen LogP contribution in [0.2, 0.25) is 0 Å². The number of fused-ring (bicyclic) bond motifs is 3. The van der Waals surface area contributed by atoms with E-state index in [1.165, 1.54) is 35.0 Å². The molecule has 1 atom stereocenters. The lowest BCUT2D eigenvalue weighted by Crippen LogP contribution is -2.26. The van der Waals surface area contributed by atoms with Crippen LogP contribution in [0.15, 0.2) is 9.95 Å². The number of nitrogens with zero attached hydrogens (tertiary/aromatic N) is 2. The van der Waals surface area contributed by atoms with E-state index >= 15 is 0 Å². The molecule has 0 bridgehead atoms. The maximum atomic E-state index is 13.3. The molecule has 25 heavy (non-hydrogen) atoms. The largest absolute Gasteiger partial charge is 0.370 e. The predicted octanol–water partition coefficient (Wildman–Crippen LogP) is 3.67. The van der Waals surface area contributed by atoms with Crippen molar-refractivity contribution in [3.05, 3.63) is 20.8 Å². The number of carbonyl (C=O) groups is 1. The Hall–Kier alpha value is -1.34. The maximum absolute atomic E-state index is 13.3. The van der Waals surface area contributed by atoms with Crippen molar-refractivity contribution in [2.75, 3.05) is 5.75 Å². The van der Waals surface area contributed by atoms with Crippen LogP contribution < -0.4 is 11.3 Å². The van der Waals surface area contributed by atoms with Gasteiger partial charge in [0.2, 0.25) is 5.91 Å². The molecule has 0 aromatic carbocycles. The third-order valence-electron chi connectivity index (χ3n) is 4.85. The van der Waals surface area contributed by atoms with Crippen LogP contribution in [0, 0.1) is 0 Å². The molecule has 3 rings (SSSR count). The van der Waals surface area contributed by atoms with E-state index in [9.17, 15) is 9.59 Å². The van der Waals surface area contributed by atoms with Crippen molar-refractivity contribution in [2.24, 2.45) is 5.73 Å². The topological polar surface area (TPSA) is 78.0 Å². The first kappa shape index (κ1) is 18.5. The molecule has 136 valence electrons. The van der Waals surface area contributed by atoms with Gasteiger partial charge in [-0.15, -0.1) is 11.3 Å². The quantitative estimate of drug-likeness (QED) is 0.472. The number of hydrogen-bond acceptors (Lipinski definition) is 5. The molecule has 2 N–H and O–H groups in total. The summed E-state index contributed by atoms with van der Waals surface area (Å²) in [6.07, 6.45) is 6.78. The third kappa shape index (κ3) is 3.77. The van der Waals surface area contributed by atoms with Gasteiger partial charge >= 0.3 is 0 Å². The highest BCUT2D eigenvalue weighted by atomic mass is 32.2. The van der Waals surface area contributed by atoms with Gasteiger partial charge in [-0.05, 0) is 44.6 Å². The van der Waals surface area contributed by atoms with Crippen LogP contribution in [0.4, 0.5) is 0 Å². The number of hydrogen-bond donors (Lipinski definition) is 1. The highest BCUT2D eigenvalue weighted by molar-refractivity contribution is 7.99. The van der Waals surface area contributed by atoms with Gasteiger partial charge in [-0.2, -0.15) is 0 Å². The lowest BCUT2D eigenvalue weighted by atomic mass is 10.1. The zero-order chi connectivity index (χ0) is 18.0. The van der Waals surface area contributed by atoms with Gasteiger partial charge in [-0.3, -0.25) is 14.2 Å². The molecule has 2 aromatic rings. The molecular formula is C18H25N3O2S2. The van der Waals surface area contributed by atoms with Gasteiger partial charge in [0, 0.05) is 23.1 Å². The average Bonchev–Trinajstić information content (AvgIpc) is 2.76. The van der Waals surface area contributed by atoms with Gasteiger partial charge in [0.15, 0.2) is 5.16 Å². The number of aryl methyl sites for hydroxylation is 2. The van der Waals surface area contributed by atoms with Gasteiger partial charge in [-0.1, -0.05) is 25.1 Å². The summed E-state index contributed by atoms with van der Waals surface area (Å²) in [6, 6.07) is 0.0850. The fourth-order valence-corrected chi connectivity index (χ4v) is 5.64. The van der Waals surface area contributed by atoms with E-state index in [1.807, 2.05) is 4.57 Å². The van der Waals surface area contributed by atoms with Crippen LogP contribution in [0.5, 0.6) is 0 Å². The SMILES string of the molecule is CCC(C)n1c(SCCC(N)=O)nc2sc3c(c2c1=O)CCCCC3. The molecule has 1 unspecified atom stereocenters. The van der Waals surface area contributed by atoms with Crippen LogP contribution in [-0.2, 0) is 17.6 Å². The average molecular weight is 380 g/mol. The van der Waals surface area contributed by atoms with Crippen molar-refractivity contribution in [1.82, 2.24) is 9.55 Å². The minimum Gasteiger partial charge on any atom is -0.370 e. The highest BCUT2D eigenvalue weighted by Gasteiger charge is 2.23. The maximum Gasteiger partial charge on any atom is 0.263 e. The molecule has 0 fully saturated rings. The van der Waals surface area contributed by atoms with Crippen LogP contribution >= 0.6 is 23.1 Å². The molecular weight excluding hydrogens is 354 g/mol. The van der Waals surface area contributed by atoms with E-state index in [0.29, 0.717) is 17.3 Å². The van der Waals surface area contributed by atoms with Crippen LogP contribution in [0.1, 0.15) is 62.4 Å². The van der Waals surface area contributed by atoms with E-state index in [1.54, 1.807) is 11.3 Å². The molecule has 0 radical (unpaired) electrons. The standard InChI is InChI=1S/C18H25N3O2S2/c1-3-11(2)21-17(23)15-12-7-5-4-6-8-13(12)25-16(15)20-18(21)24-10-9-14(19)22/h11H,3-10H2,1-2H3,(H2,19,22). The van der Waals surface area contributed by atoms with Crippen molar-refractivity contribution < 1.29 is 4.79 Å². The first-order chi connectivity index (χ1) is 12.0. The van der Waals surface area contributed by atoms with Crippen molar-refractivity contribution >= 4 is 39.2 Å². The predicted molar refractivity (Wildman–Crippen MR) is 105 cm³/mol. The number of thiophene rings is 1. The number of aromatic nitrogens is 2. The molecule has 2 aromatic heterocycles. The number of primary amides is 1. The van der Waals surface area contributed by atoms with Crippen LogP contribution in [-0.4, -0.2) is 21.2 Å². The minimum absolute atomic E-state index is 0.0836. The molecule has 0 aliphatic heterocycles. The highest BCUT2D eigenvalue weighted by Crippen LogP contribution is 2.34. The zero-order valence-corrected chi connectivity index (χ0v) is 16.5. The second kappa shape index (κ2) is 7.91. The Bertz CT molecular complexity index is 841. The summed E-state index contributed by atoms with van der Waals surface area (Å²) < 4.78 is 1.83. The van der Waals surface area contributed by atoms with Gasteiger partial charge in [0.1, 0.15) is 4.83 Å². The summed E-state index contributed by atoms with van der Waals surface area (Å²) in [7, 11) is 0. The third-order valence-corrected chi connectivity index (χ3v) is 6.99.